The van der Waals surface area contributed by atoms with Crippen molar-refractivity contribution >= 4 is 11.6 Å². The molecule has 0 aliphatic heterocycles. The van der Waals surface area contributed by atoms with Gasteiger partial charge in [0.1, 0.15) is 5.15 Å². The second-order valence-corrected chi connectivity index (χ2v) is 2.99. The Morgan fingerprint density at radius 3 is 3.00 bits per heavy atom. The minimum atomic E-state index is 0.136. The second-order valence-electron chi connectivity index (χ2n) is 2.63. The fourth-order valence-corrected chi connectivity index (χ4v) is 1.11. The third-order valence-electron chi connectivity index (χ3n) is 1.38. The minimum Gasteiger partial charge on any atom is -0.328 e. The largest absolute Gasteiger partial charge is 0.328 e. The Balaban J connectivity index is 2.78. The Morgan fingerprint density at radius 2 is 2.45 bits per heavy atom. The molecule has 1 aromatic heterocycles. The normalized spacial score (nSPS) is 13.0. The monoisotopic (exact) mass is 170 g/mol. The molecule has 0 unspecified atom stereocenters. The van der Waals surface area contributed by atoms with Gasteiger partial charge in [-0.25, -0.2) is 4.98 Å². The number of hydrogen-bond donors (Lipinski definition) is 1. The van der Waals surface area contributed by atoms with E-state index >= 15 is 0 Å². The molecule has 3 heteroatoms. The molecule has 1 rings (SSSR count). The fourth-order valence-electron chi connectivity index (χ4n) is 0.918. The summed E-state index contributed by atoms with van der Waals surface area (Å²) in [7, 11) is 0. The topological polar surface area (TPSA) is 38.9 Å². The van der Waals surface area contributed by atoms with Gasteiger partial charge in [0.15, 0.2) is 0 Å². The molecule has 1 atom stereocenters. The van der Waals surface area contributed by atoms with Crippen molar-refractivity contribution in [1.82, 2.24) is 4.98 Å². The van der Waals surface area contributed by atoms with Crippen molar-refractivity contribution in [2.45, 2.75) is 19.4 Å². The number of halogens is 1. The van der Waals surface area contributed by atoms with Crippen LogP contribution in [-0.2, 0) is 6.42 Å². The van der Waals surface area contributed by atoms with E-state index in [2.05, 4.69) is 4.98 Å². The van der Waals surface area contributed by atoms with Gasteiger partial charge >= 0.3 is 0 Å². The van der Waals surface area contributed by atoms with Crippen LogP contribution in [0.4, 0.5) is 0 Å². The molecular formula is C8H11ClN2. The van der Waals surface area contributed by atoms with Gasteiger partial charge in [-0.15, -0.1) is 0 Å². The Kier molecular flexibility index (Phi) is 2.85. The first-order chi connectivity index (χ1) is 5.20. The highest BCUT2D eigenvalue weighted by Crippen LogP contribution is 2.12. The lowest BCUT2D eigenvalue weighted by Gasteiger charge is -2.05. The van der Waals surface area contributed by atoms with E-state index in [1.54, 1.807) is 6.20 Å². The van der Waals surface area contributed by atoms with Crippen LogP contribution in [0.1, 0.15) is 12.5 Å². The molecule has 1 heterocycles. The second kappa shape index (κ2) is 3.69. The van der Waals surface area contributed by atoms with E-state index in [1.165, 1.54) is 0 Å². The van der Waals surface area contributed by atoms with Gasteiger partial charge in [-0.3, -0.25) is 0 Å². The molecule has 0 spiro atoms. The van der Waals surface area contributed by atoms with Gasteiger partial charge in [0.25, 0.3) is 0 Å². The van der Waals surface area contributed by atoms with Crippen LogP contribution >= 0.6 is 11.6 Å². The first-order valence-corrected chi connectivity index (χ1v) is 3.93. The molecule has 0 aliphatic rings. The molecule has 0 saturated carbocycles. The van der Waals surface area contributed by atoms with Crippen LogP contribution in [0, 0.1) is 0 Å². The molecule has 0 amide bonds. The molecule has 0 bridgehead atoms. The van der Waals surface area contributed by atoms with Crippen LogP contribution < -0.4 is 5.73 Å². The van der Waals surface area contributed by atoms with Crippen molar-refractivity contribution in [3.05, 3.63) is 29.0 Å². The van der Waals surface area contributed by atoms with Crippen LogP contribution in [-0.4, -0.2) is 11.0 Å². The highest BCUT2D eigenvalue weighted by Gasteiger charge is 2.01. The van der Waals surface area contributed by atoms with E-state index in [4.69, 9.17) is 17.3 Å². The van der Waals surface area contributed by atoms with Crippen LogP contribution in [0.3, 0.4) is 0 Å². The third-order valence-corrected chi connectivity index (χ3v) is 1.72. The van der Waals surface area contributed by atoms with Gasteiger partial charge in [0.05, 0.1) is 0 Å². The molecule has 60 valence electrons. The lowest BCUT2D eigenvalue weighted by atomic mass is 10.1. The summed E-state index contributed by atoms with van der Waals surface area (Å²) in [5, 5.41) is 0.560. The Hall–Kier alpha value is -0.600. The lowest BCUT2D eigenvalue weighted by Crippen LogP contribution is -2.18. The zero-order chi connectivity index (χ0) is 8.27. The van der Waals surface area contributed by atoms with E-state index in [0.717, 1.165) is 12.0 Å². The first kappa shape index (κ1) is 8.50. The summed E-state index contributed by atoms with van der Waals surface area (Å²) in [5.41, 5.74) is 6.62. The maximum absolute atomic E-state index is 5.80. The zero-order valence-corrected chi connectivity index (χ0v) is 7.17. The SMILES string of the molecule is C[C@H](N)Cc1cccnc1Cl. The van der Waals surface area contributed by atoms with Crippen molar-refractivity contribution < 1.29 is 0 Å². The number of nitrogens with zero attached hydrogens (tertiary/aromatic N) is 1. The average molecular weight is 171 g/mol. The Bertz CT molecular complexity index is 235. The van der Waals surface area contributed by atoms with Crippen LogP contribution in [0.25, 0.3) is 0 Å². The van der Waals surface area contributed by atoms with Crippen LogP contribution in [0.15, 0.2) is 18.3 Å². The van der Waals surface area contributed by atoms with Crippen molar-refractivity contribution in [2.24, 2.45) is 5.73 Å². The number of pyridine rings is 1. The summed E-state index contributed by atoms with van der Waals surface area (Å²) in [6.45, 7) is 1.95. The molecule has 0 radical (unpaired) electrons. The summed E-state index contributed by atoms with van der Waals surface area (Å²) < 4.78 is 0. The lowest BCUT2D eigenvalue weighted by molar-refractivity contribution is 0.736. The first-order valence-electron chi connectivity index (χ1n) is 3.55. The van der Waals surface area contributed by atoms with Gasteiger partial charge < -0.3 is 5.73 Å². The third kappa shape index (κ3) is 2.48. The number of nitrogens with two attached hydrogens (primary N) is 1. The minimum absolute atomic E-state index is 0.136. The van der Waals surface area contributed by atoms with Gasteiger partial charge in [-0.05, 0) is 25.0 Å². The predicted octanol–water partition coefficient (Wildman–Crippen LogP) is 1.62. The molecule has 0 aliphatic carbocycles. The van der Waals surface area contributed by atoms with Gasteiger partial charge in [-0.1, -0.05) is 17.7 Å². The Labute approximate surface area is 71.4 Å². The predicted molar refractivity (Wildman–Crippen MR) is 46.6 cm³/mol. The summed E-state index contributed by atoms with van der Waals surface area (Å²) >= 11 is 5.80. The zero-order valence-electron chi connectivity index (χ0n) is 6.42. The molecule has 1 aromatic rings. The summed E-state index contributed by atoms with van der Waals surface area (Å²) in [5.74, 6) is 0. The fraction of sp³-hybridized carbons (Fsp3) is 0.375. The quantitative estimate of drug-likeness (QED) is 0.686. The van der Waals surface area contributed by atoms with E-state index in [-0.39, 0.29) is 6.04 Å². The highest BCUT2D eigenvalue weighted by atomic mass is 35.5. The highest BCUT2D eigenvalue weighted by molar-refractivity contribution is 6.30. The standard InChI is InChI=1S/C8H11ClN2/c1-6(10)5-7-3-2-4-11-8(7)9/h2-4,6H,5,10H2,1H3/t6-/m0/s1. The molecule has 0 fully saturated rings. The van der Waals surface area contributed by atoms with Gasteiger partial charge in [-0.2, -0.15) is 0 Å². The molecule has 2 nitrogen and oxygen atoms in total. The molecular weight excluding hydrogens is 160 g/mol. The van der Waals surface area contributed by atoms with Crippen molar-refractivity contribution in [2.75, 3.05) is 0 Å². The average Bonchev–Trinajstić information content (AvgIpc) is 1.93. The molecule has 0 saturated heterocycles. The summed E-state index contributed by atoms with van der Waals surface area (Å²) in [6, 6.07) is 3.94. The van der Waals surface area contributed by atoms with E-state index in [1.807, 2.05) is 19.1 Å². The van der Waals surface area contributed by atoms with Crippen molar-refractivity contribution in [3.63, 3.8) is 0 Å². The number of rotatable bonds is 2. The van der Waals surface area contributed by atoms with E-state index < -0.39 is 0 Å². The van der Waals surface area contributed by atoms with Crippen LogP contribution in [0.5, 0.6) is 0 Å². The summed E-state index contributed by atoms with van der Waals surface area (Å²) in [4.78, 5) is 3.94. The smallest absolute Gasteiger partial charge is 0.132 e. The van der Waals surface area contributed by atoms with Gasteiger partial charge in [0, 0.05) is 12.2 Å². The van der Waals surface area contributed by atoms with Crippen LogP contribution in [0.2, 0.25) is 5.15 Å². The van der Waals surface area contributed by atoms with Gasteiger partial charge in [0.2, 0.25) is 0 Å². The summed E-state index contributed by atoms with van der Waals surface area (Å²) in [6.07, 6.45) is 2.46. The Morgan fingerprint density at radius 1 is 1.73 bits per heavy atom. The molecule has 11 heavy (non-hydrogen) atoms. The van der Waals surface area contributed by atoms with E-state index in [9.17, 15) is 0 Å². The number of hydrogen-bond acceptors (Lipinski definition) is 2. The van der Waals surface area contributed by atoms with E-state index in [0.29, 0.717) is 5.15 Å². The number of aromatic nitrogens is 1. The maximum atomic E-state index is 5.80. The van der Waals surface area contributed by atoms with Crippen molar-refractivity contribution in [1.29, 1.82) is 0 Å². The molecule has 0 aromatic carbocycles. The maximum Gasteiger partial charge on any atom is 0.132 e. The molecule has 2 N–H and O–H groups in total. The van der Waals surface area contributed by atoms with Crippen molar-refractivity contribution in [3.8, 4) is 0 Å².